The zero-order valence-corrected chi connectivity index (χ0v) is 11.3. The molecule has 0 rings (SSSR count). The van der Waals surface area contributed by atoms with E-state index in [1.165, 1.54) is 0 Å². The monoisotopic (exact) mass is 290 g/mol. The van der Waals surface area contributed by atoms with Crippen molar-refractivity contribution in [3.8, 4) is 0 Å². The fraction of sp³-hybridized carbons (Fsp3) is 0. The molecule has 0 saturated carbocycles. The first-order chi connectivity index (χ1) is 1.73. The Morgan fingerprint density at radius 1 is 2.00 bits per heavy atom. The van der Waals surface area contributed by atoms with Gasteiger partial charge in [-0.25, -0.2) is 0 Å². The van der Waals surface area contributed by atoms with E-state index in [2.05, 4.69) is 0 Å². The molecule has 0 heterocycles. The van der Waals surface area contributed by atoms with E-state index < -0.39 is 0 Å². The summed E-state index contributed by atoms with van der Waals surface area (Å²) in [6.07, 6.45) is 0. The zero-order chi connectivity index (χ0) is 3.58. The van der Waals surface area contributed by atoms with Crippen molar-refractivity contribution < 1.29 is 47.6 Å². The SMILES string of the molecule is O=[C](Cl)[RaH]. The molecule has 0 spiro atoms. The Morgan fingerprint density at radius 3 is 2.00 bits per heavy atom. The Kier molecular flexibility index (Phi) is 3.60. The summed E-state index contributed by atoms with van der Waals surface area (Å²) in [6, 6.07) is 0. The second-order valence-corrected chi connectivity index (χ2v) is 7.34. The van der Waals surface area contributed by atoms with Gasteiger partial charge in [0.2, 0.25) is 0 Å². The predicted molar refractivity (Wildman–Crippen MR) is 12.6 cm³/mol. The van der Waals surface area contributed by atoms with Gasteiger partial charge in [-0.05, 0) is 0 Å². The number of halogens is 1. The topological polar surface area (TPSA) is 17.1 Å². The van der Waals surface area contributed by atoms with E-state index in [0.29, 0.717) is 0 Å². The third-order valence-electron chi connectivity index (χ3n) is 0. The summed E-state index contributed by atoms with van der Waals surface area (Å²) in [6.45, 7) is 0. The Balaban J connectivity index is 2.80. The average molecular weight is 290 g/mol. The molecule has 1 nitrogen and oxygen atoms in total. The van der Waals surface area contributed by atoms with Gasteiger partial charge < -0.3 is 0 Å². The van der Waals surface area contributed by atoms with Crippen LogP contribution in [0.25, 0.3) is 0 Å². The summed E-state index contributed by atoms with van der Waals surface area (Å²) in [5.41, 5.74) is 0. The fourth-order valence-electron chi connectivity index (χ4n) is 0. The first kappa shape index (κ1) is 5.43. The number of hydrogen-bond acceptors (Lipinski definition) is 1. The first-order valence-electron chi connectivity index (χ1n) is 0.893. The van der Waals surface area contributed by atoms with Crippen LogP contribution in [0.5, 0.6) is 0 Å². The molecule has 0 bridgehead atoms. The van der Waals surface area contributed by atoms with Crippen LogP contribution >= 0.6 is 11.6 Å². The molecular formula is CHClORa. The van der Waals surface area contributed by atoms with E-state index in [0.717, 1.165) is 0 Å². The van der Waals surface area contributed by atoms with Gasteiger partial charge in [0.05, 0.1) is 0 Å². The molecule has 0 atom stereocenters. The molecule has 0 aliphatic carbocycles. The molecule has 4 heavy (non-hydrogen) atoms. The minimum absolute atomic E-state index is 0.0588. The van der Waals surface area contributed by atoms with E-state index >= 15 is 0 Å². The maximum absolute atomic E-state index is 9.31. The van der Waals surface area contributed by atoms with Crippen molar-refractivity contribution in [1.82, 2.24) is 0 Å². The number of rotatable bonds is 0. The van der Waals surface area contributed by atoms with Gasteiger partial charge in [-0.2, -0.15) is 0 Å². The van der Waals surface area contributed by atoms with Gasteiger partial charge in [0, 0.05) is 0 Å². The normalized spacial score (nSPS) is 6.00. The Labute approximate surface area is 58.5 Å². The van der Waals surface area contributed by atoms with Crippen LogP contribution in [0, 0.1) is 42.8 Å². The summed E-state index contributed by atoms with van der Waals surface area (Å²) in [7, 11) is 0. The molecule has 0 aromatic carbocycles. The van der Waals surface area contributed by atoms with Gasteiger partial charge >= 0.3 is 59.5 Å². The molecule has 0 aliphatic rings. The Morgan fingerprint density at radius 2 is 2.00 bits per heavy atom. The fourth-order valence-corrected chi connectivity index (χ4v) is 0. The molecule has 3 heteroatoms. The molecule has 0 radical (unpaired) electrons. The third-order valence-corrected chi connectivity index (χ3v) is 0. The van der Waals surface area contributed by atoms with Crippen molar-refractivity contribution in [2.24, 2.45) is 0 Å². The van der Waals surface area contributed by atoms with E-state index in [1.807, 2.05) is 0 Å². The van der Waals surface area contributed by atoms with E-state index in [-0.39, 0.29) is 43.1 Å². The van der Waals surface area contributed by atoms with Gasteiger partial charge in [-0.15, -0.1) is 0 Å². The van der Waals surface area contributed by atoms with Gasteiger partial charge in [-0.1, -0.05) is 0 Å². The summed E-state index contributed by atoms with van der Waals surface area (Å²) in [4.78, 5) is 9.31. The van der Waals surface area contributed by atoms with Crippen LogP contribution in [0.2, 0.25) is 0 Å². The molecule has 0 aromatic rings. The summed E-state index contributed by atoms with van der Waals surface area (Å²) < 4.78 is -0.132. The van der Waals surface area contributed by atoms with Gasteiger partial charge in [0.25, 0.3) is 0 Å². The van der Waals surface area contributed by atoms with Crippen LogP contribution in [-0.4, -0.2) is 0.283 Å². The molecule has 20 valence electrons. The zero-order valence-electron chi connectivity index (χ0n) is 2.29. The van der Waals surface area contributed by atoms with E-state index in [4.69, 9.17) is 11.6 Å². The van der Waals surface area contributed by atoms with Crippen molar-refractivity contribution >= 4 is 11.9 Å². The Hall–Kier alpha value is 1.43. The number of hydrogen-bond donors (Lipinski definition) is 0. The number of carbonyl (C=O) groups excluding carboxylic acids is 1. The minimum atomic E-state index is -0.132. The van der Waals surface area contributed by atoms with Crippen LogP contribution in [0.15, 0.2) is 0 Å². The van der Waals surface area contributed by atoms with Gasteiger partial charge in [-0.3, -0.25) is 0 Å². The number of carbonyl (C=O) groups is 1. The predicted octanol–water partition coefficient (Wildman–Crippen LogP) is 0.627. The summed E-state index contributed by atoms with van der Waals surface area (Å²) in [5, 5.41) is 0. The van der Waals surface area contributed by atoms with Crippen molar-refractivity contribution in [2.45, 2.75) is 0 Å². The molecule has 0 amide bonds. The average Bonchev–Trinajstić information content (AvgIpc) is 0.811. The van der Waals surface area contributed by atoms with Gasteiger partial charge in [0.15, 0.2) is 0 Å². The van der Waals surface area contributed by atoms with Gasteiger partial charge in [0.1, 0.15) is 0 Å². The van der Waals surface area contributed by atoms with Crippen molar-refractivity contribution in [1.29, 1.82) is 0 Å². The maximum atomic E-state index is 9.31. The molecular weight excluding hydrogens is 289 g/mol. The van der Waals surface area contributed by atoms with Crippen LogP contribution in [-0.2, 0) is 0 Å². The van der Waals surface area contributed by atoms with Crippen LogP contribution in [0.4, 0.5) is 4.79 Å². The molecule has 0 N–H and O–H groups in total. The second kappa shape index (κ2) is 2.65. The summed E-state index contributed by atoms with van der Waals surface area (Å²) >= 11 is 4.68. The third kappa shape index (κ3) is 9.91. The van der Waals surface area contributed by atoms with Crippen molar-refractivity contribution in [3.05, 3.63) is 0 Å². The van der Waals surface area contributed by atoms with Crippen molar-refractivity contribution in [2.75, 3.05) is 0 Å². The van der Waals surface area contributed by atoms with Crippen LogP contribution in [0.3, 0.4) is 0 Å². The quantitative estimate of drug-likeness (QED) is 0.598. The van der Waals surface area contributed by atoms with Crippen LogP contribution < -0.4 is 0 Å². The molecule has 0 aliphatic heterocycles. The molecule has 0 saturated heterocycles. The summed E-state index contributed by atoms with van der Waals surface area (Å²) in [5.74, 6) is 0. The molecule has 0 fully saturated rings. The molecule has 0 unspecified atom stereocenters. The first-order valence-corrected chi connectivity index (χ1v) is 5.38. The van der Waals surface area contributed by atoms with E-state index in [1.54, 1.807) is 0 Å². The second-order valence-electron chi connectivity index (χ2n) is 0.470. The standard InChI is InChI=1S/CClO.Ra.H/c2-1-3;;. The van der Waals surface area contributed by atoms with E-state index in [9.17, 15) is 4.79 Å². The molecule has 0 aromatic heterocycles. The Bertz CT molecular complexity index is 31.0. The van der Waals surface area contributed by atoms with Crippen molar-refractivity contribution in [3.63, 3.8) is 0 Å². The van der Waals surface area contributed by atoms with Crippen LogP contribution in [0.1, 0.15) is 0 Å².